The van der Waals surface area contributed by atoms with Crippen LogP contribution in [0.4, 0.5) is 0 Å². The van der Waals surface area contributed by atoms with Crippen LogP contribution in [0.2, 0.25) is 0 Å². The van der Waals surface area contributed by atoms with E-state index in [2.05, 4.69) is 4.90 Å². The van der Waals surface area contributed by atoms with Crippen molar-refractivity contribution in [3.8, 4) is 0 Å². The Hall–Kier alpha value is -0.990. The van der Waals surface area contributed by atoms with Crippen LogP contribution in [0.3, 0.4) is 0 Å². The highest BCUT2D eigenvalue weighted by atomic mass is 16.6. The first kappa shape index (κ1) is 18.4. The Morgan fingerprint density at radius 3 is 2.70 bits per heavy atom. The van der Waals surface area contributed by atoms with Crippen molar-refractivity contribution in [2.75, 3.05) is 26.8 Å². The molecule has 0 bridgehead atoms. The highest BCUT2D eigenvalue weighted by Gasteiger charge is 2.55. The molecule has 0 amide bonds. The SMILES string of the molecule is CO[C@H](C)C(O)(C(=O)OCC1=CCN2CC[C@H](O)[C@@H]12)C(C)(C)O. The zero-order chi connectivity index (χ0) is 17.4. The number of ether oxygens (including phenoxy) is 2. The van der Waals surface area contributed by atoms with Crippen molar-refractivity contribution in [1.29, 1.82) is 0 Å². The first-order valence-corrected chi connectivity index (χ1v) is 7.88. The summed E-state index contributed by atoms with van der Waals surface area (Å²) < 4.78 is 10.3. The van der Waals surface area contributed by atoms with Gasteiger partial charge in [0.25, 0.3) is 0 Å². The number of hydrogen-bond donors (Lipinski definition) is 3. The van der Waals surface area contributed by atoms with Crippen LogP contribution in [0.5, 0.6) is 0 Å². The molecular weight excluding hydrogens is 302 g/mol. The van der Waals surface area contributed by atoms with Crippen molar-refractivity contribution in [1.82, 2.24) is 4.90 Å². The van der Waals surface area contributed by atoms with Crippen LogP contribution in [0, 0.1) is 0 Å². The Morgan fingerprint density at radius 1 is 1.48 bits per heavy atom. The Kier molecular flexibility index (Phi) is 5.18. The number of aliphatic hydroxyl groups is 3. The molecule has 2 rings (SSSR count). The highest BCUT2D eigenvalue weighted by molar-refractivity contribution is 5.82. The Morgan fingerprint density at radius 2 is 2.13 bits per heavy atom. The fourth-order valence-corrected chi connectivity index (χ4v) is 3.37. The van der Waals surface area contributed by atoms with Crippen LogP contribution in [0.1, 0.15) is 27.2 Å². The van der Waals surface area contributed by atoms with E-state index >= 15 is 0 Å². The van der Waals surface area contributed by atoms with E-state index in [-0.39, 0.29) is 12.6 Å². The standard InChI is InChI=1S/C16H27NO6/c1-10(22-4)16(21,15(2,3)20)14(19)23-9-11-5-7-17-8-6-12(18)13(11)17/h5,10,12-13,18,20-21H,6-9H2,1-4H3/t10-,12+,13-,16?/m1/s1. The highest BCUT2D eigenvalue weighted by Crippen LogP contribution is 2.31. The number of fused-ring (bicyclic) bond motifs is 1. The molecule has 23 heavy (non-hydrogen) atoms. The minimum Gasteiger partial charge on any atom is -0.459 e. The molecule has 4 atom stereocenters. The fourth-order valence-electron chi connectivity index (χ4n) is 3.37. The van der Waals surface area contributed by atoms with Gasteiger partial charge in [0.2, 0.25) is 5.60 Å². The summed E-state index contributed by atoms with van der Waals surface area (Å²) >= 11 is 0. The van der Waals surface area contributed by atoms with Gasteiger partial charge in [0.05, 0.1) is 18.2 Å². The molecule has 0 spiro atoms. The number of carbonyl (C=O) groups excluding carboxylic acids is 1. The lowest BCUT2D eigenvalue weighted by atomic mass is 9.81. The van der Waals surface area contributed by atoms with Crippen LogP contribution in [-0.2, 0) is 14.3 Å². The third kappa shape index (κ3) is 3.16. The Labute approximate surface area is 136 Å². The third-order valence-electron chi connectivity index (χ3n) is 4.99. The molecule has 132 valence electrons. The van der Waals surface area contributed by atoms with Gasteiger partial charge in [-0.15, -0.1) is 0 Å². The monoisotopic (exact) mass is 329 g/mol. The number of nitrogens with zero attached hydrogens (tertiary/aromatic N) is 1. The van der Waals surface area contributed by atoms with Crippen LogP contribution in [0.25, 0.3) is 0 Å². The number of aliphatic hydroxyl groups excluding tert-OH is 1. The van der Waals surface area contributed by atoms with E-state index < -0.39 is 29.4 Å². The molecule has 7 nitrogen and oxygen atoms in total. The predicted octanol–water partition coefficient (Wildman–Crippen LogP) is -0.558. The van der Waals surface area contributed by atoms with E-state index in [4.69, 9.17) is 9.47 Å². The topological polar surface area (TPSA) is 99.5 Å². The molecule has 0 aromatic heterocycles. The van der Waals surface area contributed by atoms with Gasteiger partial charge in [0, 0.05) is 20.2 Å². The molecule has 2 aliphatic heterocycles. The van der Waals surface area contributed by atoms with E-state index in [1.807, 2.05) is 6.08 Å². The predicted molar refractivity (Wildman–Crippen MR) is 82.7 cm³/mol. The van der Waals surface area contributed by atoms with Crippen molar-refractivity contribution in [2.45, 2.75) is 56.6 Å². The molecule has 7 heteroatoms. The first-order chi connectivity index (χ1) is 10.6. The number of methoxy groups -OCH3 is 1. The maximum atomic E-state index is 12.4. The van der Waals surface area contributed by atoms with E-state index in [0.29, 0.717) is 6.42 Å². The van der Waals surface area contributed by atoms with Gasteiger partial charge in [-0.2, -0.15) is 0 Å². The second-order valence-corrected chi connectivity index (χ2v) is 6.85. The quantitative estimate of drug-likeness (QED) is 0.444. The summed E-state index contributed by atoms with van der Waals surface area (Å²) in [6.07, 6.45) is 1.22. The Bertz CT molecular complexity index is 485. The van der Waals surface area contributed by atoms with Crippen molar-refractivity contribution in [3.63, 3.8) is 0 Å². The lowest BCUT2D eigenvalue weighted by molar-refractivity contribution is -0.216. The molecule has 0 radical (unpaired) electrons. The largest absolute Gasteiger partial charge is 0.459 e. The summed E-state index contributed by atoms with van der Waals surface area (Å²) in [6, 6.07) is -0.127. The number of carbonyl (C=O) groups is 1. The molecule has 1 fully saturated rings. The summed E-state index contributed by atoms with van der Waals surface area (Å²) in [6.45, 7) is 5.68. The van der Waals surface area contributed by atoms with E-state index in [1.165, 1.54) is 27.9 Å². The Balaban J connectivity index is 2.06. The third-order valence-corrected chi connectivity index (χ3v) is 4.99. The average molecular weight is 329 g/mol. The molecule has 2 heterocycles. The molecule has 0 aliphatic carbocycles. The normalized spacial score (nSPS) is 28.9. The van der Waals surface area contributed by atoms with Crippen molar-refractivity contribution in [3.05, 3.63) is 11.6 Å². The van der Waals surface area contributed by atoms with Gasteiger partial charge in [0.15, 0.2) is 0 Å². The van der Waals surface area contributed by atoms with E-state index in [1.54, 1.807) is 0 Å². The minimum absolute atomic E-state index is 0.0219. The average Bonchev–Trinajstić information content (AvgIpc) is 3.05. The van der Waals surface area contributed by atoms with Gasteiger partial charge in [-0.25, -0.2) is 4.79 Å². The van der Waals surface area contributed by atoms with Crippen molar-refractivity contribution >= 4 is 5.97 Å². The van der Waals surface area contributed by atoms with Gasteiger partial charge in [-0.3, -0.25) is 4.90 Å². The minimum atomic E-state index is -2.19. The molecule has 0 aromatic rings. The van der Waals surface area contributed by atoms with Gasteiger partial charge in [0.1, 0.15) is 12.2 Å². The first-order valence-electron chi connectivity index (χ1n) is 7.88. The van der Waals surface area contributed by atoms with Crippen molar-refractivity contribution in [2.24, 2.45) is 0 Å². The van der Waals surface area contributed by atoms with Crippen LogP contribution in [0.15, 0.2) is 11.6 Å². The number of hydrogen-bond acceptors (Lipinski definition) is 7. The maximum Gasteiger partial charge on any atom is 0.344 e. The van der Waals surface area contributed by atoms with E-state index in [0.717, 1.165) is 18.7 Å². The van der Waals surface area contributed by atoms with E-state index in [9.17, 15) is 20.1 Å². The van der Waals surface area contributed by atoms with Gasteiger partial charge in [-0.05, 0) is 32.8 Å². The molecule has 0 saturated carbocycles. The van der Waals surface area contributed by atoms with Gasteiger partial charge < -0.3 is 24.8 Å². The zero-order valence-electron chi connectivity index (χ0n) is 14.2. The summed E-state index contributed by atoms with van der Waals surface area (Å²) in [5, 5.41) is 30.9. The van der Waals surface area contributed by atoms with Gasteiger partial charge in [-0.1, -0.05) is 6.08 Å². The summed E-state index contributed by atoms with van der Waals surface area (Å²) in [4.78, 5) is 14.5. The fraction of sp³-hybridized carbons (Fsp3) is 0.812. The second kappa shape index (κ2) is 6.49. The van der Waals surface area contributed by atoms with Crippen molar-refractivity contribution < 1.29 is 29.6 Å². The molecule has 1 unspecified atom stereocenters. The zero-order valence-corrected chi connectivity index (χ0v) is 14.2. The van der Waals surface area contributed by atoms with Gasteiger partial charge >= 0.3 is 5.97 Å². The molecule has 2 aliphatic rings. The molecule has 1 saturated heterocycles. The smallest absolute Gasteiger partial charge is 0.344 e. The summed E-state index contributed by atoms with van der Waals surface area (Å²) in [5.74, 6) is -0.939. The van der Waals surface area contributed by atoms with Crippen LogP contribution in [-0.4, -0.2) is 82.4 Å². The van der Waals surface area contributed by atoms with Crippen LogP contribution >= 0.6 is 0 Å². The molecule has 0 aromatic carbocycles. The summed E-state index contributed by atoms with van der Waals surface area (Å²) in [5.41, 5.74) is -3.09. The summed E-state index contributed by atoms with van der Waals surface area (Å²) in [7, 11) is 1.35. The molecule has 3 N–H and O–H groups in total. The van der Waals surface area contributed by atoms with Crippen LogP contribution < -0.4 is 0 Å². The maximum absolute atomic E-state index is 12.4. The molecular formula is C16H27NO6. The lowest BCUT2D eigenvalue weighted by Crippen LogP contribution is -2.63. The number of esters is 1. The second-order valence-electron chi connectivity index (χ2n) is 6.85. The lowest BCUT2D eigenvalue weighted by Gasteiger charge is -2.40. The number of rotatable bonds is 6.